The van der Waals surface area contributed by atoms with Crippen molar-refractivity contribution >= 4 is 0 Å². The van der Waals surface area contributed by atoms with Gasteiger partial charge in [0, 0.05) is 0 Å². The summed E-state index contributed by atoms with van der Waals surface area (Å²) in [5.74, 6) is -8.53. The van der Waals surface area contributed by atoms with Crippen LogP contribution >= 0.6 is 0 Å². The molecule has 0 N–H and O–H groups in total. The van der Waals surface area contributed by atoms with Crippen LogP contribution < -0.4 is 18.9 Å². The van der Waals surface area contributed by atoms with Crippen LogP contribution in [0.2, 0.25) is 0 Å². The van der Waals surface area contributed by atoms with Crippen LogP contribution in [-0.4, -0.2) is 38.6 Å². The molecule has 2 atom stereocenters. The molecular weight excluding hydrogens is 460 g/mol. The van der Waals surface area contributed by atoms with Crippen molar-refractivity contribution in [1.82, 2.24) is 0 Å². The summed E-state index contributed by atoms with van der Waals surface area (Å²) >= 11 is 0. The Morgan fingerprint density at radius 2 is 0.853 bits per heavy atom. The van der Waals surface area contributed by atoms with E-state index in [2.05, 4.69) is 0 Å². The minimum absolute atomic E-state index is 0.0486. The maximum Gasteiger partial charge on any atom is 0.208 e. The van der Waals surface area contributed by atoms with Gasteiger partial charge in [-0.3, -0.25) is 0 Å². The van der Waals surface area contributed by atoms with Gasteiger partial charge in [0.1, 0.15) is 48.4 Å². The number of rotatable bonds is 10. The Morgan fingerprint density at radius 3 is 1.15 bits per heavy atom. The zero-order chi connectivity index (χ0) is 23.7. The Bertz CT molecular complexity index is 1040. The van der Waals surface area contributed by atoms with Crippen LogP contribution in [0.25, 0.3) is 0 Å². The molecule has 34 heavy (non-hydrogen) atoms. The second-order valence-corrected chi connectivity index (χ2v) is 7.59. The van der Waals surface area contributed by atoms with Crippen molar-refractivity contribution in [2.24, 2.45) is 0 Å². The number of epoxide rings is 2. The standard InChI is InChI=1S/C24H18F4O6/c25-19-21(27)24(34-16-7-3-14(4-8-16)30-10-18-12-32-18)22(28)20(26)23(19)33-15-5-1-13(2-6-15)29-9-17-11-31-17/h1-8,17-18H,9-12H2. The highest BCUT2D eigenvalue weighted by Crippen LogP contribution is 2.39. The highest BCUT2D eigenvalue weighted by atomic mass is 19.2. The van der Waals surface area contributed by atoms with E-state index in [0.717, 1.165) is 0 Å². The molecule has 10 heteroatoms. The normalized spacial score (nSPS) is 18.4. The van der Waals surface area contributed by atoms with E-state index in [0.29, 0.717) is 37.9 Å². The van der Waals surface area contributed by atoms with Gasteiger partial charge in [-0.2, -0.15) is 17.6 Å². The van der Waals surface area contributed by atoms with Gasteiger partial charge < -0.3 is 28.4 Å². The molecule has 2 saturated heterocycles. The number of ether oxygens (including phenoxy) is 6. The Balaban J connectivity index is 1.29. The topological polar surface area (TPSA) is 62.0 Å². The lowest BCUT2D eigenvalue weighted by Gasteiger charge is -2.14. The number of hydrogen-bond donors (Lipinski definition) is 0. The van der Waals surface area contributed by atoms with Gasteiger partial charge in [-0.05, 0) is 48.5 Å². The van der Waals surface area contributed by atoms with Gasteiger partial charge >= 0.3 is 0 Å². The first-order valence-electron chi connectivity index (χ1n) is 10.4. The van der Waals surface area contributed by atoms with Crippen molar-refractivity contribution in [3.05, 3.63) is 71.8 Å². The Hall–Kier alpha value is -3.50. The van der Waals surface area contributed by atoms with Crippen LogP contribution in [0.1, 0.15) is 0 Å². The molecular formula is C24H18F4O6. The maximum atomic E-state index is 14.6. The second-order valence-electron chi connectivity index (χ2n) is 7.59. The first-order chi connectivity index (χ1) is 16.5. The average molecular weight is 478 g/mol. The van der Waals surface area contributed by atoms with E-state index in [1.54, 1.807) is 0 Å². The van der Waals surface area contributed by atoms with Crippen molar-refractivity contribution in [2.45, 2.75) is 12.2 Å². The van der Waals surface area contributed by atoms with Crippen LogP contribution in [0.4, 0.5) is 17.6 Å². The van der Waals surface area contributed by atoms with E-state index in [9.17, 15) is 17.6 Å². The van der Waals surface area contributed by atoms with E-state index < -0.39 is 34.8 Å². The summed E-state index contributed by atoms with van der Waals surface area (Å²) in [7, 11) is 0. The molecule has 0 aliphatic carbocycles. The lowest BCUT2D eigenvalue weighted by Crippen LogP contribution is -2.05. The molecule has 0 aromatic heterocycles. The quantitative estimate of drug-likeness (QED) is 0.222. The van der Waals surface area contributed by atoms with Crippen molar-refractivity contribution in [1.29, 1.82) is 0 Å². The van der Waals surface area contributed by atoms with Crippen LogP contribution in [-0.2, 0) is 9.47 Å². The molecule has 2 aliphatic heterocycles. The molecule has 0 bridgehead atoms. The Labute approximate surface area is 191 Å². The molecule has 0 amide bonds. The van der Waals surface area contributed by atoms with Gasteiger partial charge in [0.15, 0.2) is 0 Å². The van der Waals surface area contributed by atoms with Crippen LogP contribution in [0.3, 0.4) is 0 Å². The third-order valence-corrected chi connectivity index (χ3v) is 4.95. The van der Waals surface area contributed by atoms with Gasteiger partial charge in [-0.25, -0.2) is 0 Å². The summed E-state index contributed by atoms with van der Waals surface area (Å²) in [6.07, 6.45) is 0.110. The zero-order valence-electron chi connectivity index (χ0n) is 17.6. The molecule has 5 rings (SSSR count). The molecule has 3 aromatic rings. The third-order valence-electron chi connectivity index (χ3n) is 4.95. The van der Waals surface area contributed by atoms with Crippen molar-refractivity contribution in [3.63, 3.8) is 0 Å². The van der Waals surface area contributed by atoms with Crippen LogP contribution in [0.15, 0.2) is 48.5 Å². The van der Waals surface area contributed by atoms with Gasteiger partial charge in [0.05, 0.1) is 13.2 Å². The lowest BCUT2D eigenvalue weighted by atomic mass is 10.2. The highest BCUT2D eigenvalue weighted by molar-refractivity contribution is 5.44. The number of hydrogen-bond acceptors (Lipinski definition) is 6. The van der Waals surface area contributed by atoms with Crippen molar-refractivity contribution < 1.29 is 46.0 Å². The Kier molecular flexibility index (Phi) is 6.16. The fourth-order valence-corrected chi connectivity index (χ4v) is 2.92. The van der Waals surface area contributed by atoms with E-state index in [1.807, 2.05) is 0 Å². The Morgan fingerprint density at radius 1 is 0.559 bits per heavy atom. The van der Waals surface area contributed by atoms with Gasteiger partial charge in [-0.15, -0.1) is 0 Å². The molecule has 0 spiro atoms. The van der Waals surface area contributed by atoms with Crippen molar-refractivity contribution in [2.75, 3.05) is 26.4 Å². The molecule has 2 aliphatic rings. The summed E-state index contributed by atoms with van der Waals surface area (Å²) in [6, 6.07) is 11.3. The predicted octanol–water partition coefficient (Wildman–Crippen LogP) is 5.38. The number of benzene rings is 3. The molecule has 2 heterocycles. The molecule has 0 saturated carbocycles. The number of halogens is 4. The summed E-state index contributed by atoms with van der Waals surface area (Å²) in [5, 5.41) is 0. The minimum Gasteiger partial charge on any atom is -0.491 e. The van der Waals surface area contributed by atoms with Gasteiger partial charge in [0.2, 0.25) is 34.8 Å². The average Bonchev–Trinajstić information content (AvgIpc) is 3.77. The fourth-order valence-electron chi connectivity index (χ4n) is 2.92. The highest BCUT2D eigenvalue weighted by Gasteiger charge is 2.29. The van der Waals surface area contributed by atoms with Crippen molar-refractivity contribution in [3.8, 4) is 34.5 Å². The third kappa shape index (κ3) is 5.18. The van der Waals surface area contributed by atoms with Crippen LogP contribution in [0, 0.1) is 23.3 Å². The zero-order valence-corrected chi connectivity index (χ0v) is 17.6. The van der Waals surface area contributed by atoms with E-state index in [1.165, 1.54) is 48.5 Å². The SMILES string of the molecule is Fc1c(F)c(Oc2ccc(OCC3CO3)cc2)c(F)c(F)c1Oc1ccc(OCC2CO2)cc1. The minimum atomic E-state index is -1.73. The van der Waals surface area contributed by atoms with Crippen LogP contribution in [0.5, 0.6) is 34.5 Å². The van der Waals surface area contributed by atoms with Gasteiger partial charge in [-0.1, -0.05) is 0 Å². The summed E-state index contributed by atoms with van der Waals surface area (Å²) in [6.45, 7) is 2.00. The smallest absolute Gasteiger partial charge is 0.208 e. The molecule has 6 nitrogen and oxygen atoms in total. The first kappa shape index (κ1) is 22.3. The first-order valence-corrected chi connectivity index (χ1v) is 10.4. The van der Waals surface area contributed by atoms with E-state index >= 15 is 0 Å². The van der Waals surface area contributed by atoms with Gasteiger partial charge in [0.25, 0.3) is 0 Å². The molecule has 2 fully saturated rings. The maximum absolute atomic E-state index is 14.6. The molecule has 3 aromatic carbocycles. The lowest BCUT2D eigenvalue weighted by molar-refractivity contribution is 0.262. The second kappa shape index (κ2) is 9.40. The summed E-state index contributed by atoms with van der Waals surface area (Å²) in [4.78, 5) is 0. The molecule has 178 valence electrons. The van der Waals surface area contributed by atoms with E-state index in [-0.39, 0.29) is 23.7 Å². The monoisotopic (exact) mass is 478 g/mol. The summed E-state index contributed by atoms with van der Waals surface area (Å²) < 4.78 is 89.4. The fraction of sp³-hybridized carbons (Fsp3) is 0.250. The molecule has 0 radical (unpaired) electrons. The summed E-state index contributed by atoms with van der Waals surface area (Å²) in [5.41, 5.74) is 0. The van der Waals surface area contributed by atoms with E-state index in [4.69, 9.17) is 28.4 Å². The molecule has 2 unspecified atom stereocenters. The largest absolute Gasteiger partial charge is 0.491 e. The predicted molar refractivity (Wildman–Crippen MR) is 110 cm³/mol.